The number of amides is 1. The summed E-state index contributed by atoms with van der Waals surface area (Å²) < 4.78 is 48.1. The van der Waals surface area contributed by atoms with Crippen molar-refractivity contribution in [3.8, 4) is 17.1 Å². The van der Waals surface area contributed by atoms with E-state index in [1.165, 1.54) is 30.5 Å². The van der Waals surface area contributed by atoms with E-state index in [9.17, 15) is 18.0 Å². The van der Waals surface area contributed by atoms with Gasteiger partial charge in [-0.05, 0) is 32.0 Å². The normalized spacial score (nSPS) is 11.6. The van der Waals surface area contributed by atoms with Crippen molar-refractivity contribution in [2.45, 2.75) is 19.4 Å². The summed E-state index contributed by atoms with van der Waals surface area (Å²) in [7, 11) is 1.62. The van der Waals surface area contributed by atoms with Crippen LogP contribution < -0.4 is 10.5 Å². The maximum absolute atomic E-state index is 14.0. The van der Waals surface area contributed by atoms with E-state index in [1.807, 2.05) is 0 Å². The van der Waals surface area contributed by atoms with E-state index in [0.717, 1.165) is 0 Å². The zero-order chi connectivity index (χ0) is 21.5. The van der Waals surface area contributed by atoms with Gasteiger partial charge < -0.3 is 15.0 Å². The summed E-state index contributed by atoms with van der Waals surface area (Å²) in [4.78, 5) is 11.3. The van der Waals surface area contributed by atoms with Gasteiger partial charge in [-0.25, -0.2) is 13.2 Å². The maximum atomic E-state index is 14.0. The van der Waals surface area contributed by atoms with Gasteiger partial charge in [0.25, 0.3) is 0 Å². The van der Waals surface area contributed by atoms with Gasteiger partial charge >= 0.3 is 0 Å². The van der Waals surface area contributed by atoms with Gasteiger partial charge in [0, 0.05) is 30.3 Å². The van der Waals surface area contributed by atoms with E-state index in [2.05, 4.69) is 10.2 Å². The number of nitrogens with two attached hydrogens (primary N) is 1. The molecule has 0 aliphatic rings. The van der Waals surface area contributed by atoms with Crippen molar-refractivity contribution in [2.24, 2.45) is 12.8 Å². The molecule has 0 aliphatic heterocycles. The number of halogens is 4. The van der Waals surface area contributed by atoms with E-state index >= 15 is 0 Å². The number of primary amides is 1. The molecule has 3 aromatic rings. The molecule has 2 aromatic carbocycles. The average Bonchev–Trinajstić information content (AvgIpc) is 3.00. The van der Waals surface area contributed by atoms with Crippen LogP contribution in [-0.4, -0.2) is 20.7 Å². The summed E-state index contributed by atoms with van der Waals surface area (Å²) in [5.74, 6) is -4.21. The Labute approximate surface area is 169 Å². The van der Waals surface area contributed by atoms with E-state index in [4.69, 9.17) is 22.1 Å². The summed E-state index contributed by atoms with van der Waals surface area (Å²) in [6, 6.07) is 5.50. The monoisotopic (exact) mass is 424 g/mol. The number of carbonyl (C=O) groups excluding carboxylic acids is 1. The first-order valence-corrected chi connectivity index (χ1v) is 8.72. The van der Waals surface area contributed by atoms with Gasteiger partial charge in [-0.15, -0.1) is 10.2 Å². The second kappa shape index (κ2) is 7.40. The standard InChI is InChI=1S/C19H16ClF3N4O2/c1-19(2,29-15-13(22)7-10(21)8-14(15)23)18-26-25-17(27(18)3)11-5-4-9(16(24)28)6-12(11)20/h4-8H,1-3H3,(H2,24,28). The fourth-order valence-electron chi connectivity index (χ4n) is 2.87. The predicted octanol–water partition coefficient (Wildman–Crippen LogP) is 3.97. The summed E-state index contributed by atoms with van der Waals surface area (Å²) in [6.07, 6.45) is 0. The van der Waals surface area contributed by atoms with Crippen LogP contribution in [0.3, 0.4) is 0 Å². The van der Waals surface area contributed by atoms with E-state index in [1.54, 1.807) is 13.1 Å². The van der Waals surface area contributed by atoms with Gasteiger partial charge in [0.15, 0.2) is 34.6 Å². The smallest absolute Gasteiger partial charge is 0.248 e. The van der Waals surface area contributed by atoms with Crippen molar-refractivity contribution in [3.05, 3.63) is 64.2 Å². The average molecular weight is 425 g/mol. The second-order valence-electron chi connectivity index (χ2n) is 6.78. The molecule has 0 atom stereocenters. The Morgan fingerprint density at radius 1 is 1.14 bits per heavy atom. The lowest BCUT2D eigenvalue weighted by atomic mass is 10.1. The quantitative estimate of drug-likeness (QED) is 0.672. The van der Waals surface area contributed by atoms with Crippen LogP contribution in [-0.2, 0) is 12.6 Å². The molecule has 152 valence electrons. The Morgan fingerprint density at radius 3 is 2.31 bits per heavy atom. The van der Waals surface area contributed by atoms with E-state index in [0.29, 0.717) is 23.5 Å². The summed E-state index contributed by atoms with van der Waals surface area (Å²) in [5, 5.41) is 8.35. The highest BCUT2D eigenvalue weighted by Crippen LogP contribution is 2.34. The maximum Gasteiger partial charge on any atom is 0.248 e. The minimum Gasteiger partial charge on any atom is -0.474 e. The lowest BCUT2D eigenvalue weighted by Gasteiger charge is -2.26. The first-order valence-electron chi connectivity index (χ1n) is 8.34. The van der Waals surface area contributed by atoms with Crippen LogP contribution in [0.4, 0.5) is 13.2 Å². The zero-order valence-corrected chi connectivity index (χ0v) is 16.4. The Morgan fingerprint density at radius 2 is 1.76 bits per heavy atom. The predicted molar refractivity (Wildman–Crippen MR) is 99.9 cm³/mol. The SMILES string of the molecule is Cn1c(-c2ccc(C(N)=O)cc2Cl)nnc1C(C)(C)Oc1c(F)cc(F)cc1F. The van der Waals surface area contributed by atoms with Crippen molar-refractivity contribution >= 4 is 17.5 Å². The molecule has 1 heterocycles. The number of carbonyl (C=O) groups is 1. The number of nitrogens with zero attached hydrogens (tertiary/aromatic N) is 3. The van der Waals surface area contributed by atoms with Gasteiger partial charge in [-0.2, -0.15) is 0 Å². The van der Waals surface area contributed by atoms with Crippen molar-refractivity contribution in [3.63, 3.8) is 0 Å². The molecule has 0 aliphatic carbocycles. The molecule has 2 N–H and O–H groups in total. The van der Waals surface area contributed by atoms with Crippen LogP contribution in [0.5, 0.6) is 5.75 Å². The molecule has 0 spiro atoms. The zero-order valence-electron chi connectivity index (χ0n) is 15.6. The molecular weight excluding hydrogens is 409 g/mol. The van der Waals surface area contributed by atoms with Crippen molar-refractivity contribution in [2.75, 3.05) is 0 Å². The fourth-order valence-corrected chi connectivity index (χ4v) is 3.13. The Bertz CT molecular complexity index is 1090. The lowest BCUT2D eigenvalue weighted by molar-refractivity contribution is 0.0833. The molecule has 0 saturated carbocycles. The van der Waals surface area contributed by atoms with E-state index < -0.39 is 34.7 Å². The Balaban J connectivity index is 1.99. The Kier molecular flexibility index (Phi) is 5.27. The first-order chi connectivity index (χ1) is 13.5. The Hall–Kier alpha value is -3.07. The molecule has 29 heavy (non-hydrogen) atoms. The highest BCUT2D eigenvalue weighted by atomic mass is 35.5. The van der Waals surface area contributed by atoms with Crippen LogP contribution in [0.25, 0.3) is 11.4 Å². The third-order valence-electron chi connectivity index (χ3n) is 4.23. The minimum absolute atomic E-state index is 0.220. The number of rotatable bonds is 5. The molecule has 6 nitrogen and oxygen atoms in total. The van der Waals surface area contributed by atoms with Crippen LogP contribution in [0.2, 0.25) is 5.02 Å². The highest BCUT2D eigenvalue weighted by molar-refractivity contribution is 6.33. The summed E-state index contributed by atoms with van der Waals surface area (Å²) in [5.41, 5.74) is 4.60. The minimum atomic E-state index is -1.33. The molecule has 10 heteroatoms. The molecular formula is C19H16ClF3N4O2. The third kappa shape index (κ3) is 3.91. The number of hydrogen-bond donors (Lipinski definition) is 1. The van der Waals surface area contributed by atoms with Gasteiger partial charge in [0.1, 0.15) is 5.82 Å². The van der Waals surface area contributed by atoms with Crippen LogP contribution in [0.15, 0.2) is 30.3 Å². The van der Waals surface area contributed by atoms with E-state index in [-0.39, 0.29) is 16.4 Å². The summed E-state index contributed by atoms with van der Waals surface area (Å²) in [6.45, 7) is 3.06. The molecule has 0 fully saturated rings. The van der Waals surface area contributed by atoms with Gasteiger partial charge in [0.05, 0.1) is 5.02 Å². The molecule has 0 saturated heterocycles. The lowest BCUT2D eigenvalue weighted by Crippen LogP contribution is -2.30. The summed E-state index contributed by atoms with van der Waals surface area (Å²) >= 11 is 6.23. The largest absolute Gasteiger partial charge is 0.474 e. The molecule has 0 bridgehead atoms. The second-order valence-corrected chi connectivity index (χ2v) is 7.18. The number of aromatic nitrogens is 3. The molecule has 0 unspecified atom stereocenters. The molecule has 3 rings (SSSR count). The number of ether oxygens (including phenoxy) is 1. The van der Waals surface area contributed by atoms with Gasteiger partial charge in [-0.3, -0.25) is 4.79 Å². The van der Waals surface area contributed by atoms with Crippen LogP contribution >= 0.6 is 11.6 Å². The van der Waals surface area contributed by atoms with Crippen molar-refractivity contribution in [1.82, 2.24) is 14.8 Å². The number of benzene rings is 2. The molecule has 1 amide bonds. The fraction of sp³-hybridized carbons (Fsp3) is 0.211. The van der Waals surface area contributed by atoms with Crippen LogP contribution in [0, 0.1) is 17.5 Å². The van der Waals surface area contributed by atoms with Crippen molar-refractivity contribution in [1.29, 1.82) is 0 Å². The topological polar surface area (TPSA) is 83.0 Å². The van der Waals surface area contributed by atoms with Gasteiger partial charge in [0.2, 0.25) is 5.91 Å². The van der Waals surface area contributed by atoms with Crippen molar-refractivity contribution < 1.29 is 22.7 Å². The number of hydrogen-bond acceptors (Lipinski definition) is 4. The third-order valence-corrected chi connectivity index (χ3v) is 4.54. The first kappa shape index (κ1) is 20.7. The highest BCUT2D eigenvalue weighted by Gasteiger charge is 2.32. The van der Waals surface area contributed by atoms with Crippen LogP contribution in [0.1, 0.15) is 30.0 Å². The molecule has 1 aromatic heterocycles. The molecule has 0 radical (unpaired) electrons. The van der Waals surface area contributed by atoms with Gasteiger partial charge in [-0.1, -0.05) is 11.6 Å².